The van der Waals surface area contributed by atoms with Crippen molar-refractivity contribution in [1.82, 2.24) is 0 Å². The quantitative estimate of drug-likeness (QED) is 0.134. The number of hydrogen-bond donors (Lipinski definition) is 0. The van der Waals surface area contributed by atoms with E-state index in [1.165, 1.54) is 12.0 Å². The topological polar surface area (TPSA) is 30.8 Å². The summed E-state index contributed by atoms with van der Waals surface area (Å²) in [7, 11) is 0. The molecule has 38 heavy (non-hydrogen) atoms. The predicted octanol–water partition coefficient (Wildman–Crippen LogP) is 9.61. The van der Waals surface area contributed by atoms with Gasteiger partial charge < -0.3 is 9.47 Å². The number of rotatable bonds is 9. The molecule has 0 aromatic heterocycles. The monoisotopic (exact) mass is 551 g/mol. The fourth-order valence-electron chi connectivity index (χ4n) is 3.47. The lowest BCUT2D eigenvalue weighted by atomic mass is 9.77. The van der Waals surface area contributed by atoms with Gasteiger partial charge in [-0.05, 0) is 86.9 Å². The summed E-state index contributed by atoms with van der Waals surface area (Å²) in [6, 6.07) is 12.2. The van der Waals surface area contributed by atoms with Crippen molar-refractivity contribution in [2.24, 2.45) is 4.99 Å². The van der Waals surface area contributed by atoms with Crippen LogP contribution >= 0.6 is 23.4 Å². The van der Waals surface area contributed by atoms with E-state index in [-0.39, 0.29) is 11.5 Å². The van der Waals surface area contributed by atoms with Crippen LogP contribution in [0.5, 0.6) is 11.5 Å². The van der Waals surface area contributed by atoms with E-state index in [2.05, 4.69) is 64.6 Å². The molecule has 0 atom stereocenters. The summed E-state index contributed by atoms with van der Waals surface area (Å²) in [6.45, 7) is 15.2. The zero-order valence-corrected chi connectivity index (χ0v) is 25.7. The molecule has 3 rings (SSSR count). The number of thioether (sulfide) groups is 1. The van der Waals surface area contributed by atoms with Crippen LogP contribution in [0.25, 0.3) is 0 Å². The fraction of sp³-hybridized carbons (Fsp3) is 0.424. The van der Waals surface area contributed by atoms with Crippen LogP contribution in [0.4, 0.5) is 0 Å². The van der Waals surface area contributed by atoms with E-state index in [0.717, 1.165) is 40.3 Å². The Morgan fingerprint density at radius 1 is 1.13 bits per heavy atom. The molecule has 2 aromatic carbocycles. The second kappa shape index (κ2) is 15.1. The van der Waals surface area contributed by atoms with E-state index in [9.17, 15) is 0 Å². The third-order valence-electron chi connectivity index (χ3n) is 6.17. The predicted molar refractivity (Wildman–Crippen MR) is 167 cm³/mol. The first kappa shape index (κ1) is 31.6. The van der Waals surface area contributed by atoms with Crippen molar-refractivity contribution in [3.8, 4) is 23.8 Å². The molecule has 5 heteroatoms. The van der Waals surface area contributed by atoms with E-state index in [0.29, 0.717) is 22.9 Å². The molecule has 0 radical (unpaired) electrons. The highest BCUT2D eigenvalue weighted by Crippen LogP contribution is 2.40. The Hall–Kier alpha value is -2.61. The maximum atomic E-state index is 6.60. The van der Waals surface area contributed by atoms with Crippen LogP contribution in [0.2, 0.25) is 5.02 Å². The zero-order chi connectivity index (χ0) is 28.3. The van der Waals surface area contributed by atoms with Gasteiger partial charge in [-0.3, -0.25) is 4.99 Å². The summed E-state index contributed by atoms with van der Waals surface area (Å²) >= 11 is 8.24. The number of aliphatic imine (C=N–C) groups is 1. The van der Waals surface area contributed by atoms with Crippen LogP contribution in [0.15, 0.2) is 64.8 Å². The molecule has 0 spiro atoms. The minimum Gasteiger partial charge on any atom is -0.489 e. The van der Waals surface area contributed by atoms with Crippen LogP contribution in [0.3, 0.4) is 0 Å². The van der Waals surface area contributed by atoms with Crippen molar-refractivity contribution < 1.29 is 9.47 Å². The van der Waals surface area contributed by atoms with E-state index in [1.807, 2.05) is 49.7 Å². The minimum atomic E-state index is -0.299. The molecule has 0 saturated heterocycles. The molecule has 2 aromatic rings. The molecule has 0 bridgehead atoms. The summed E-state index contributed by atoms with van der Waals surface area (Å²) in [5.74, 6) is 4.19. The Labute approximate surface area is 239 Å². The lowest BCUT2D eigenvalue weighted by Gasteiger charge is -2.27. The smallest absolute Gasteiger partial charge is 0.153 e. The Morgan fingerprint density at radius 2 is 1.76 bits per heavy atom. The van der Waals surface area contributed by atoms with Gasteiger partial charge in [0.1, 0.15) is 12.4 Å². The van der Waals surface area contributed by atoms with E-state index in [4.69, 9.17) is 27.5 Å². The van der Waals surface area contributed by atoms with Crippen molar-refractivity contribution in [3.05, 3.63) is 81.5 Å². The highest BCUT2D eigenvalue weighted by molar-refractivity contribution is 8.13. The van der Waals surface area contributed by atoms with Gasteiger partial charge in [0.25, 0.3) is 0 Å². The molecule has 0 N–H and O–H groups in total. The van der Waals surface area contributed by atoms with Crippen LogP contribution in [-0.4, -0.2) is 24.0 Å². The molecule has 1 fully saturated rings. The van der Waals surface area contributed by atoms with Gasteiger partial charge >= 0.3 is 0 Å². The van der Waals surface area contributed by atoms with Gasteiger partial charge in [-0.15, -0.1) is 18.2 Å². The number of terminal acetylenes is 1. The molecular formula is C33H42ClNO2S. The van der Waals surface area contributed by atoms with Crippen molar-refractivity contribution >= 4 is 28.4 Å². The van der Waals surface area contributed by atoms with E-state index >= 15 is 0 Å². The zero-order valence-electron chi connectivity index (χ0n) is 24.2. The summed E-state index contributed by atoms with van der Waals surface area (Å²) in [5.41, 5.74) is 4.90. The molecule has 0 unspecified atom stereocenters. The Balaban J connectivity index is 0.00000161. The van der Waals surface area contributed by atoms with Crippen LogP contribution in [-0.2, 0) is 5.41 Å². The molecule has 0 aliphatic heterocycles. The number of nitrogens with zero attached hydrogens (tertiary/aromatic N) is 1. The van der Waals surface area contributed by atoms with Gasteiger partial charge in [-0.1, -0.05) is 69.3 Å². The fourth-order valence-corrected chi connectivity index (χ4v) is 3.90. The number of ether oxygens (including phenoxy) is 2. The van der Waals surface area contributed by atoms with Crippen molar-refractivity contribution in [2.45, 2.75) is 79.2 Å². The normalized spacial score (nSPS) is 13.4. The largest absolute Gasteiger partial charge is 0.489 e. The first-order chi connectivity index (χ1) is 18.1. The van der Waals surface area contributed by atoms with E-state index in [1.54, 1.807) is 11.8 Å². The van der Waals surface area contributed by atoms with Crippen LogP contribution in [0.1, 0.15) is 84.4 Å². The SMILES string of the molecule is C#Cc1cc(C(C)(C)c2ccc(OCC(/C=C\N=C(C)SC)=C(C)C)cc2)cc(Cl)c1OC1CC1.CCC. The molecule has 1 aliphatic carbocycles. The molecule has 0 heterocycles. The average Bonchev–Trinajstić information content (AvgIpc) is 3.71. The number of benzene rings is 2. The number of allylic oxidation sites excluding steroid dienone is 1. The lowest BCUT2D eigenvalue weighted by Crippen LogP contribution is -2.19. The Bertz CT molecular complexity index is 1190. The highest BCUT2D eigenvalue weighted by atomic mass is 35.5. The summed E-state index contributed by atoms with van der Waals surface area (Å²) in [4.78, 5) is 4.41. The summed E-state index contributed by atoms with van der Waals surface area (Å²) in [6.07, 6.45) is 15.3. The molecule has 1 aliphatic rings. The molecular weight excluding hydrogens is 510 g/mol. The highest BCUT2D eigenvalue weighted by Gasteiger charge is 2.29. The molecule has 204 valence electrons. The third-order valence-corrected chi connectivity index (χ3v) is 7.15. The maximum absolute atomic E-state index is 6.60. The molecule has 1 saturated carbocycles. The first-order valence-corrected chi connectivity index (χ1v) is 14.8. The van der Waals surface area contributed by atoms with Crippen molar-refractivity contribution in [2.75, 3.05) is 12.9 Å². The first-order valence-electron chi connectivity index (χ1n) is 13.2. The number of halogens is 1. The van der Waals surface area contributed by atoms with Crippen molar-refractivity contribution in [3.63, 3.8) is 0 Å². The standard InChI is InChI=1S/C30H34ClNO2S.C3H8/c1-8-22-17-25(18-28(31)29(22)34-27-13-14-27)30(5,6)24-9-11-26(12-10-24)33-19-23(20(2)3)15-16-32-21(4)35-7;1-3-2/h1,9-12,15-18,27H,13-14,19H2,2-7H3;3H2,1-2H3/b16-15-,32-21?;. The van der Waals surface area contributed by atoms with Gasteiger partial charge in [0, 0.05) is 11.6 Å². The Kier molecular flexibility index (Phi) is 12.6. The second-order valence-electron chi connectivity index (χ2n) is 10.1. The lowest BCUT2D eigenvalue weighted by molar-refractivity contribution is 0.302. The van der Waals surface area contributed by atoms with Crippen molar-refractivity contribution in [1.29, 1.82) is 0 Å². The van der Waals surface area contributed by atoms with Gasteiger partial charge in [0.05, 0.1) is 21.7 Å². The summed E-state index contributed by atoms with van der Waals surface area (Å²) < 4.78 is 12.0. The van der Waals surface area contributed by atoms with E-state index < -0.39 is 0 Å². The van der Waals surface area contributed by atoms with Gasteiger partial charge in [0.15, 0.2) is 5.75 Å². The third kappa shape index (κ3) is 9.29. The molecule has 3 nitrogen and oxygen atoms in total. The van der Waals surface area contributed by atoms with Crippen LogP contribution < -0.4 is 9.47 Å². The van der Waals surface area contributed by atoms with Gasteiger partial charge in [0.2, 0.25) is 0 Å². The maximum Gasteiger partial charge on any atom is 0.153 e. The van der Waals surface area contributed by atoms with Crippen LogP contribution in [0, 0.1) is 12.3 Å². The Morgan fingerprint density at radius 3 is 2.29 bits per heavy atom. The molecule has 0 amide bonds. The van der Waals surface area contributed by atoms with Gasteiger partial charge in [-0.25, -0.2) is 0 Å². The van der Waals surface area contributed by atoms with Gasteiger partial charge in [-0.2, -0.15) is 0 Å². The number of hydrogen-bond acceptors (Lipinski definition) is 4. The summed E-state index contributed by atoms with van der Waals surface area (Å²) in [5, 5.41) is 1.59. The minimum absolute atomic E-state index is 0.237. The second-order valence-corrected chi connectivity index (χ2v) is 11.5. The average molecular weight is 552 g/mol.